The molecule has 0 radical (unpaired) electrons. The molecule has 0 saturated heterocycles. The molecule has 1 N–H and O–H groups in total. The van der Waals surface area contributed by atoms with Gasteiger partial charge >= 0.3 is 0 Å². The lowest BCUT2D eigenvalue weighted by Gasteiger charge is -2.24. The largest absolute Gasteiger partial charge is 0.504 e. The molecule has 1 unspecified atom stereocenters. The Morgan fingerprint density at radius 2 is 1.74 bits per heavy atom. The highest BCUT2D eigenvalue weighted by Crippen LogP contribution is 2.39. The Kier molecular flexibility index (Phi) is 5.19. The number of imide groups is 1. The van der Waals surface area contributed by atoms with Crippen molar-refractivity contribution in [2.45, 2.75) is 24.3 Å². The lowest BCUT2D eigenvalue weighted by Crippen LogP contribution is -2.42. The Labute approximate surface area is 178 Å². The fourth-order valence-electron chi connectivity index (χ4n) is 3.71. The highest BCUT2D eigenvalue weighted by atomic mass is 32.2. The van der Waals surface area contributed by atoms with Crippen LogP contribution in [0.3, 0.4) is 0 Å². The summed E-state index contributed by atoms with van der Waals surface area (Å²) in [5.41, 5.74) is 0.375. The van der Waals surface area contributed by atoms with Crippen LogP contribution in [0.15, 0.2) is 62.6 Å². The van der Waals surface area contributed by atoms with Gasteiger partial charge in [-0.25, -0.2) is 8.42 Å². The molecule has 4 rings (SSSR count). The summed E-state index contributed by atoms with van der Waals surface area (Å²) >= 11 is 0. The fourth-order valence-corrected chi connectivity index (χ4v) is 5.14. The van der Waals surface area contributed by atoms with Crippen LogP contribution in [-0.2, 0) is 14.6 Å². The Balaban J connectivity index is 1.75. The highest BCUT2D eigenvalue weighted by Gasteiger charge is 2.41. The number of hydrogen-bond donors (Lipinski definition) is 1. The van der Waals surface area contributed by atoms with Crippen molar-refractivity contribution in [3.05, 3.63) is 64.2 Å². The summed E-state index contributed by atoms with van der Waals surface area (Å²) in [6, 6.07) is 10.0. The summed E-state index contributed by atoms with van der Waals surface area (Å²) < 4.78 is 30.5. The molecule has 0 aromatic heterocycles. The molecule has 2 amide bonds. The first-order valence-electron chi connectivity index (χ1n) is 9.52. The van der Waals surface area contributed by atoms with E-state index in [-0.39, 0.29) is 33.9 Å². The average Bonchev–Trinajstić information content (AvgIpc) is 3.13. The van der Waals surface area contributed by atoms with Gasteiger partial charge in [0, 0.05) is 12.7 Å². The van der Waals surface area contributed by atoms with Gasteiger partial charge in [0.2, 0.25) is 14.9 Å². The number of azo groups is 1. The lowest BCUT2D eigenvalue weighted by molar-refractivity contribution is 0.0466. The van der Waals surface area contributed by atoms with Gasteiger partial charge in [-0.15, -0.1) is 10.2 Å². The van der Waals surface area contributed by atoms with Gasteiger partial charge in [0.25, 0.3) is 11.8 Å². The van der Waals surface area contributed by atoms with E-state index in [9.17, 15) is 23.1 Å². The molecule has 2 aliphatic rings. The molecular formula is C21H19N3O6S. The number of ether oxygens (including phenoxy) is 1. The molecule has 2 aromatic carbocycles. The first kappa shape index (κ1) is 20.9. The van der Waals surface area contributed by atoms with E-state index < -0.39 is 38.5 Å². The second-order valence-electron chi connectivity index (χ2n) is 7.05. The van der Waals surface area contributed by atoms with Gasteiger partial charge in [-0.3, -0.25) is 14.5 Å². The molecule has 160 valence electrons. The number of nitrogens with zero attached hydrogens (tertiary/aromatic N) is 3. The molecule has 0 aliphatic carbocycles. The minimum Gasteiger partial charge on any atom is -0.504 e. The predicted octanol–water partition coefficient (Wildman–Crippen LogP) is 3.46. The van der Waals surface area contributed by atoms with E-state index in [0.29, 0.717) is 6.42 Å². The molecule has 0 spiro atoms. The number of sulfone groups is 1. The minimum atomic E-state index is -4.05. The van der Waals surface area contributed by atoms with Crippen LogP contribution in [0.5, 0.6) is 0 Å². The summed E-state index contributed by atoms with van der Waals surface area (Å²) in [6.07, 6.45) is 0.507. The highest BCUT2D eigenvalue weighted by molar-refractivity contribution is 7.95. The maximum atomic E-state index is 13.0. The number of hydrogen-bond acceptors (Lipinski definition) is 8. The standard InChI is InChI=1S/C21H19N3O6S/c1-3-12(11-30-2)24-20(26)14-8-6-9-15(17(14)21(24)27)22-23-19-18(25)13-7-4-5-10-16(13)31(19,28)29/h4-10,12,25H,3,11H2,1-2H3. The summed E-state index contributed by atoms with van der Waals surface area (Å²) in [4.78, 5) is 26.9. The van der Waals surface area contributed by atoms with Crippen molar-refractivity contribution in [1.29, 1.82) is 0 Å². The van der Waals surface area contributed by atoms with Crippen molar-refractivity contribution < 1.29 is 27.9 Å². The van der Waals surface area contributed by atoms with Crippen LogP contribution in [0.1, 0.15) is 39.6 Å². The van der Waals surface area contributed by atoms with Crippen LogP contribution in [0, 0.1) is 0 Å². The molecule has 9 nitrogen and oxygen atoms in total. The quantitative estimate of drug-likeness (QED) is 0.540. The molecule has 0 saturated carbocycles. The molecular weight excluding hydrogens is 422 g/mol. The van der Waals surface area contributed by atoms with Crippen LogP contribution >= 0.6 is 0 Å². The number of fused-ring (bicyclic) bond motifs is 2. The molecule has 0 fully saturated rings. The second-order valence-corrected chi connectivity index (χ2v) is 8.88. The van der Waals surface area contributed by atoms with Crippen molar-refractivity contribution in [2.24, 2.45) is 10.2 Å². The maximum absolute atomic E-state index is 13.0. The summed E-state index contributed by atoms with van der Waals surface area (Å²) in [7, 11) is -2.56. The van der Waals surface area contributed by atoms with Crippen molar-refractivity contribution in [3.63, 3.8) is 0 Å². The number of methoxy groups -OCH3 is 1. The molecule has 31 heavy (non-hydrogen) atoms. The van der Waals surface area contributed by atoms with Crippen molar-refractivity contribution >= 4 is 33.1 Å². The lowest BCUT2D eigenvalue weighted by atomic mass is 10.1. The van der Waals surface area contributed by atoms with Gasteiger partial charge in [0.1, 0.15) is 0 Å². The van der Waals surface area contributed by atoms with E-state index in [4.69, 9.17) is 4.74 Å². The maximum Gasteiger partial charge on any atom is 0.264 e. The van der Waals surface area contributed by atoms with E-state index in [0.717, 1.165) is 4.90 Å². The molecule has 0 bridgehead atoms. The Hall–Kier alpha value is -3.37. The van der Waals surface area contributed by atoms with E-state index in [1.165, 1.54) is 43.5 Å². The molecule has 2 aromatic rings. The SMILES string of the molecule is CCC(COC)N1C(=O)c2cccc(N=NC3=C(O)c4ccccc4S3(=O)=O)c2C1=O. The minimum absolute atomic E-state index is 0.0390. The van der Waals surface area contributed by atoms with Gasteiger partial charge < -0.3 is 9.84 Å². The van der Waals surface area contributed by atoms with Crippen molar-refractivity contribution in [1.82, 2.24) is 4.90 Å². The van der Waals surface area contributed by atoms with Crippen LogP contribution in [-0.4, -0.2) is 50.0 Å². The fraction of sp³-hybridized carbons (Fsp3) is 0.238. The predicted molar refractivity (Wildman–Crippen MR) is 111 cm³/mol. The number of benzene rings is 2. The number of amides is 2. The molecule has 2 aliphatic heterocycles. The summed E-state index contributed by atoms with van der Waals surface area (Å²) in [5.74, 6) is -1.53. The zero-order chi connectivity index (χ0) is 22.3. The van der Waals surface area contributed by atoms with Gasteiger partial charge in [-0.1, -0.05) is 25.1 Å². The van der Waals surface area contributed by atoms with Crippen LogP contribution in [0.25, 0.3) is 5.76 Å². The normalized spacial score (nSPS) is 18.1. The topological polar surface area (TPSA) is 126 Å². The Morgan fingerprint density at radius 3 is 2.42 bits per heavy atom. The zero-order valence-corrected chi connectivity index (χ0v) is 17.6. The number of aliphatic hydroxyl groups excluding tert-OH is 1. The third-order valence-corrected chi connectivity index (χ3v) is 6.98. The second kappa shape index (κ2) is 7.71. The van der Waals surface area contributed by atoms with Crippen LogP contribution in [0.4, 0.5) is 5.69 Å². The van der Waals surface area contributed by atoms with Gasteiger partial charge in [-0.2, -0.15) is 0 Å². The third kappa shape index (κ3) is 3.15. The van der Waals surface area contributed by atoms with Crippen molar-refractivity contribution in [2.75, 3.05) is 13.7 Å². The summed E-state index contributed by atoms with van der Waals surface area (Å²) in [6.45, 7) is 2.03. The van der Waals surface area contributed by atoms with Crippen molar-refractivity contribution in [3.8, 4) is 0 Å². The number of carbonyl (C=O) groups excluding carboxylic acids is 2. The zero-order valence-electron chi connectivity index (χ0n) is 16.8. The number of carbonyl (C=O) groups is 2. The average molecular weight is 441 g/mol. The molecule has 10 heteroatoms. The first-order valence-corrected chi connectivity index (χ1v) is 11.0. The smallest absolute Gasteiger partial charge is 0.264 e. The van der Waals surface area contributed by atoms with Gasteiger partial charge in [0.05, 0.1) is 34.4 Å². The number of aliphatic hydroxyl groups is 1. The third-order valence-electron chi connectivity index (χ3n) is 5.26. The number of rotatable bonds is 6. The Morgan fingerprint density at radius 1 is 1.03 bits per heavy atom. The monoisotopic (exact) mass is 441 g/mol. The van der Waals surface area contributed by atoms with Gasteiger partial charge in [-0.05, 0) is 30.7 Å². The van der Waals surface area contributed by atoms with Crippen LogP contribution < -0.4 is 0 Å². The molecule has 1 atom stereocenters. The summed E-state index contributed by atoms with van der Waals surface area (Å²) in [5, 5.41) is 17.4. The van der Waals surface area contributed by atoms with E-state index in [2.05, 4.69) is 10.2 Å². The van der Waals surface area contributed by atoms with Crippen LogP contribution in [0.2, 0.25) is 0 Å². The van der Waals surface area contributed by atoms with E-state index in [1.807, 2.05) is 6.92 Å². The van der Waals surface area contributed by atoms with E-state index in [1.54, 1.807) is 6.07 Å². The first-order chi connectivity index (χ1) is 14.8. The van der Waals surface area contributed by atoms with Gasteiger partial charge in [0.15, 0.2) is 5.76 Å². The van der Waals surface area contributed by atoms with E-state index >= 15 is 0 Å². The Bertz CT molecular complexity index is 1270. The molecule has 2 heterocycles.